The summed E-state index contributed by atoms with van der Waals surface area (Å²) in [7, 11) is 2.14. The highest BCUT2D eigenvalue weighted by Gasteiger charge is 2.13. The van der Waals surface area contributed by atoms with E-state index in [4.69, 9.17) is 11.6 Å². The standard InChI is InChI=1S/C12H19ClN2/c1-4-5-12(13)10-11(2)15-8-6-14(3)7-9-15/h4-5,10H,2,6-9H2,1,3H3/b5-4-,12-10+. The van der Waals surface area contributed by atoms with Crippen LogP contribution in [-0.2, 0) is 0 Å². The predicted molar refractivity (Wildman–Crippen MR) is 67.0 cm³/mol. The van der Waals surface area contributed by atoms with E-state index in [0.29, 0.717) is 0 Å². The average molecular weight is 227 g/mol. The maximum Gasteiger partial charge on any atom is 0.0423 e. The van der Waals surface area contributed by atoms with Gasteiger partial charge >= 0.3 is 0 Å². The second-order valence-corrected chi connectivity index (χ2v) is 4.25. The molecule has 0 aromatic heterocycles. The van der Waals surface area contributed by atoms with Crippen molar-refractivity contribution in [2.75, 3.05) is 33.2 Å². The summed E-state index contributed by atoms with van der Waals surface area (Å²) in [6, 6.07) is 0. The van der Waals surface area contributed by atoms with Gasteiger partial charge < -0.3 is 9.80 Å². The molecule has 0 bridgehead atoms. The summed E-state index contributed by atoms with van der Waals surface area (Å²) in [5.41, 5.74) is 1.01. The molecule has 0 radical (unpaired) electrons. The molecule has 0 aromatic rings. The Morgan fingerprint density at radius 2 is 1.87 bits per heavy atom. The molecule has 0 aromatic carbocycles. The first kappa shape index (κ1) is 12.3. The molecule has 1 fully saturated rings. The van der Waals surface area contributed by atoms with E-state index >= 15 is 0 Å². The molecule has 0 saturated carbocycles. The van der Waals surface area contributed by atoms with Gasteiger partial charge in [0.2, 0.25) is 0 Å². The Kier molecular flexibility index (Phi) is 4.92. The van der Waals surface area contributed by atoms with Crippen LogP contribution in [0.1, 0.15) is 6.92 Å². The van der Waals surface area contributed by atoms with Crippen LogP contribution in [0.25, 0.3) is 0 Å². The van der Waals surface area contributed by atoms with Gasteiger partial charge in [0.15, 0.2) is 0 Å². The van der Waals surface area contributed by atoms with E-state index in [1.807, 2.05) is 25.2 Å². The quantitative estimate of drug-likeness (QED) is 0.683. The number of halogens is 1. The SMILES string of the molecule is C=C(/C=C(Cl)\C=C/C)N1CCN(C)CC1. The zero-order valence-corrected chi connectivity index (χ0v) is 10.3. The lowest BCUT2D eigenvalue weighted by Gasteiger charge is -2.34. The molecular weight excluding hydrogens is 208 g/mol. The Hall–Kier alpha value is -0.730. The van der Waals surface area contributed by atoms with Crippen molar-refractivity contribution in [3.05, 3.63) is 35.5 Å². The number of nitrogens with zero attached hydrogens (tertiary/aromatic N) is 2. The van der Waals surface area contributed by atoms with Crippen LogP contribution >= 0.6 is 11.6 Å². The van der Waals surface area contributed by atoms with Crippen LogP contribution in [0, 0.1) is 0 Å². The molecule has 1 rings (SSSR count). The van der Waals surface area contributed by atoms with Gasteiger partial charge in [0.25, 0.3) is 0 Å². The second kappa shape index (κ2) is 5.99. The zero-order valence-electron chi connectivity index (χ0n) is 9.54. The number of rotatable bonds is 3. The lowest BCUT2D eigenvalue weighted by Crippen LogP contribution is -2.43. The molecule has 3 heteroatoms. The molecule has 1 heterocycles. The van der Waals surface area contributed by atoms with E-state index in [-0.39, 0.29) is 0 Å². The van der Waals surface area contributed by atoms with Crippen molar-refractivity contribution < 1.29 is 0 Å². The molecule has 1 aliphatic heterocycles. The van der Waals surface area contributed by atoms with Gasteiger partial charge in [-0.25, -0.2) is 0 Å². The summed E-state index contributed by atoms with van der Waals surface area (Å²) in [6.45, 7) is 10.2. The highest BCUT2D eigenvalue weighted by molar-refractivity contribution is 6.31. The van der Waals surface area contributed by atoms with Crippen molar-refractivity contribution in [3.63, 3.8) is 0 Å². The zero-order chi connectivity index (χ0) is 11.3. The van der Waals surface area contributed by atoms with E-state index in [9.17, 15) is 0 Å². The number of hydrogen-bond donors (Lipinski definition) is 0. The second-order valence-electron chi connectivity index (χ2n) is 3.81. The number of allylic oxidation sites excluding steroid dienone is 4. The van der Waals surface area contributed by atoms with Crippen LogP contribution in [-0.4, -0.2) is 43.0 Å². The maximum atomic E-state index is 6.00. The van der Waals surface area contributed by atoms with Gasteiger partial charge in [-0.2, -0.15) is 0 Å². The molecule has 0 spiro atoms. The van der Waals surface area contributed by atoms with Crippen LogP contribution in [0.5, 0.6) is 0 Å². The minimum Gasteiger partial charge on any atom is -0.369 e. The lowest BCUT2D eigenvalue weighted by atomic mass is 10.3. The molecule has 84 valence electrons. The lowest BCUT2D eigenvalue weighted by molar-refractivity contribution is 0.190. The monoisotopic (exact) mass is 226 g/mol. The van der Waals surface area contributed by atoms with E-state index in [1.165, 1.54) is 0 Å². The van der Waals surface area contributed by atoms with Crippen LogP contribution in [0.3, 0.4) is 0 Å². The molecule has 0 amide bonds. The van der Waals surface area contributed by atoms with E-state index in [0.717, 1.165) is 36.9 Å². The normalized spacial score (nSPS) is 19.9. The molecule has 2 nitrogen and oxygen atoms in total. The van der Waals surface area contributed by atoms with Crippen molar-refractivity contribution in [2.24, 2.45) is 0 Å². The maximum absolute atomic E-state index is 6.00. The topological polar surface area (TPSA) is 6.48 Å². The minimum atomic E-state index is 0.737. The summed E-state index contributed by atoms with van der Waals surface area (Å²) >= 11 is 6.00. The molecular formula is C12H19ClN2. The van der Waals surface area contributed by atoms with Crippen LogP contribution < -0.4 is 0 Å². The Labute approximate surface area is 97.5 Å². The van der Waals surface area contributed by atoms with Crippen molar-refractivity contribution in [3.8, 4) is 0 Å². The molecule has 15 heavy (non-hydrogen) atoms. The average Bonchev–Trinajstić information content (AvgIpc) is 2.18. The number of hydrogen-bond acceptors (Lipinski definition) is 2. The van der Waals surface area contributed by atoms with Gasteiger partial charge in [0, 0.05) is 36.9 Å². The summed E-state index contributed by atoms with van der Waals surface area (Å²) in [6.07, 6.45) is 5.73. The van der Waals surface area contributed by atoms with Crippen molar-refractivity contribution in [1.82, 2.24) is 9.80 Å². The van der Waals surface area contributed by atoms with Crippen LogP contribution in [0.15, 0.2) is 35.5 Å². The third-order valence-electron chi connectivity index (χ3n) is 2.54. The fourth-order valence-electron chi connectivity index (χ4n) is 1.55. The summed E-state index contributed by atoms with van der Waals surface area (Å²) < 4.78 is 0. The number of piperazine rings is 1. The Bertz CT molecular complexity index is 273. The Balaban J connectivity index is 2.50. The van der Waals surface area contributed by atoms with Gasteiger partial charge in [0.05, 0.1) is 0 Å². The van der Waals surface area contributed by atoms with E-state index in [1.54, 1.807) is 0 Å². The fraction of sp³-hybridized carbons (Fsp3) is 0.500. The molecule has 1 saturated heterocycles. The van der Waals surface area contributed by atoms with Crippen molar-refractivity contribution in [1.29, 1.82) is 0 Å². The third-order valence-corrected chi connectivity index (χ3v) is 2.77. The predicted octanol–water partition coefficient (Wildman–Crippen LogP) is 2.45. The van der Waals surface area contributed by atoms with Gasteiger partial charge in [0.1, 0.15) is 0 Å². The smallest absolute Gasteiger partial charge is 0.0423 e. The Morgan fingerprint density at radius 1 is 1.27 bits per heavy atom. The first-order chi connectivity index (χ1) is 7.13. The summed E-state index contributed by atoms with van der Waals surface area (Å²) in [5.74, 6) is 0. The molecule has 0 aliphatic carbocycles. The molecule has 1 aliphatic rings. The van der Waals surface area contributed by atoms with Gasteiger partial charge in [-0.05, 0) is 26.1 Å². The largest absolute Gasteiger partial charge is 0.369 e. The third kappa shape index (κ3) is 4.10. The molecule has 0 N–H and O–H groups in total. The highest BCUT2D eigenvalue weighted by atomic mass is 35.5. The van der Waals surface area contributed by atoms with Crippen molar-refractivity contribution in [2.45, 2.75) is 6.92 Å². The van der Waals surface area contributed by atoms with Gasteiger partial charge in [-0.15, -0.1) is 0 Å². The first-order valence-corrected chi connectivity index (χ1v) is 5.63. The van der Waals surface area contributed by atoms with Crippen LogP contribution in [0.2, 0.25) is 0 Å². The Morgan fingerprint density at radius 3 is 2.40 bits per heavy atom. The molecule has 0 unspecified atom stereocenters. The van der Waals surface area contributed by atoms with E-state index < -0.39 is 0 Å². The molecule has 0 atom stereocenters. The van der Waals surface area contributed by atoms with Crippen molar-refractivity contribution >= 4 is 11.6 Å². The van der Waals surface area contributed by atoms with E-state index in [2.05, 4.69) is 23.4 Å². The minimum absolute atomic E-state index is 0.737. The van der Waals surface area contributed by atoms with Crippen LogP contribution in [0.4, 0.5) is 0 Å². The first-order valence-electron chi connectivity index (χ1n) is 5.25. The highest BCUT2D eigenvalue weighted by Crippen LogP contribution is 2.13. The van der Waals surface area contributed by atoms with Gasteiger partial charge in [-0.1, -0.05) is 24.3 Å². The summed E-state index contributed by atoms with van der Waals surface area (Å²) in [5, 5.41) is 0.737. The van der Waals surface area contributed by atoms with Gasteiger partial charge in [-0.3, -0.25) is 0 Å². The number of likely N-dealkylation sites (N-methyl/N-ethyl adjacent to an activating group) is 1. The fourth-order valence-corrected chi connectivity index (χ4v) is 1.80. The summed E-state index contributed by atoms with van der Waals surface area (Å²) in [4.78, 5) is 4.59.